The van der Waals surface area contributed by atoms with E-state index in [1.807, 2.05) is 45.2 Å². The molecule has 10 nitrogen and oxygen atoms in total. The number of rotatable bonds is 5. The Morgan fingerprint density at radius 2 is 1.51 bits per heavy atom. The van der Waals surface area contributed by atoms with Gasteiger partial charge in [0.2, 0.25) is 5.91 Å². The fourth-order valence-electron chi connectivity index (χ4n) is 7.57. The lowest BCUT2D eigenvalue weighted by Gasteiger charge is -2.27. The Balaban J connectivity index is 1.07. The Labute approximate surface area is 286 Å². The number of fused-ring (bicyclic) bond motifs is 3. The second-order valence-electron chi connectivity index (χ2n) is 14.9. The first-order valence-electron chi connectivity index (χ1n) is 17.1. The summed E-state index contributed by atoms with van der Waals surface area (Å²) in [5.41, 5.74) is 8.57. The van der Waals surface area contributed by atoms with Crippen LogP contribution in [0.1, 0.15) is 83.3 Å². The number of likely N-dealkylation sites (tertiary alicyclic amines) is 2. The number of nitrogens with one attached hydrogen (secondary N) is 2. The number of imidazole rings is 1. The molecule has 4 aromatic rings. The minimum atomic E-state index is -1.06. The van der Waals surface area contributed by atoms with E-state index in [0.29, 0.717) is 31.6 Å². The van der Waals surface area contributed by atoms with Crippen LogP contribution in [-0.2, 0) is 14.9 Å². The van der Waals surface area contributed by atoms with Crippen LogP contribution < -0.4 is 5.32 Å². The van der Waals surface area contributed by atoms with Gasteiger partial charge in [-0.15, -0.1) is 0 Å². The quantitative estimate of drug-likeness (QED) is 0.198. The largest absolute Gasteiger partial charge is 0.465 e. The van der Waals surface area contributed by atoms with E-state index in [0.717, 1.165) is 52.2 Å². The first-order valence-corrected chi connectivity index (χ1v) is 17.1. The van der Waals surface area contributed by atoms with Gasteiger partial charge in [-0.3, -0.25) is 14.6 Å². The first kappa shape index (κ1) is 32.4. The second-order valence-corrected chi connectivity index (χ2v) is 14.9. The lowest BCUT2D eigenvalue weighted by Crippen LogP contribution is -2.42. The average molecular weight is 662 g/mol. The number of aromatic amines is 1. The van der Waals surface area contributed by atoms with Gasteiger partial charge in [0.05, 0.1) is 17.9 Å². The predicted molar refractivity (Wildman–Crippen MR) is 188 cm³/mol. The lowest BCUT2D eigenvalue weighted by molar-refractivity contribution is -0.119. The number of ether oxygens (including phenoxy) is 1. The molecule has 254 valence electrons. The highest BCUT2D eigenvalue weighted by molar-refractivity contribution is 5.97. The Bertz CT molecular complexity index is 1940. The molecule has 2 aliphatic heterocycles. The van der Waals surface area contributed by atoms with E-state index >= 15 is 0 Å². The minimum Gasteiger partial charge on any atom is -0.465 e. The SMILES string of the molecule is CC(C)(C)OC(=O)N1CCCC1c1ncc(-c2ccc(-c3ccc4c(c3)C(C)(C)c3cc(NC(=O)C5CCCN5C(=O)O)ccc3-4)cc2)[nH]1. The molecule has 3 amide bonds. The zero-order valence-corrected chi connectivity index (χ0v) is 28.7. The summed E-state index contributed by atoms with van der Waals surface area (Å²) in [7, 11) is 0. The summed E-state index contributed by atoms with van der Waals surface area (Å²) in [6.45, 7) is 11.1. The van der Waals surface area contributed by atoms with Crippen LogP contribution in [0.4, 0.5) is 15.3 Å². The third-order valence-corrected chi connectivity index (χ3v) is 10.1. The van der Waals surface area contributed by atoms with Crippen molar-refractivity contribution in [2.75, 3.05) is 18.4 Å². The molecule has 2 atom stereocenters. The summed E-state index contributed by atoms with van der Waals surface area (Å²) >= 11 is 0. The number of benzene rings is 3. The molecule has 0 spiro atoms. The van der Waals surface area contributed by atoms with E-state index in [-0.39, 0.29) is 23.5 Å². The molecule has 3 aliphatic rings. The molecule has 1 aromatic heterocycles. The van der Waals surface area contributed by atoms with Crippen LogP contribution in [0.5, 0.6) is 0 Å². The van der Waals surface area contributed by atoms with Crippen LogP contribution in [0.25, 0.3) is 33.5 Å². The molecule has 3 aromatic carbocycles. The average Bonchev–Trinajstić information content (AvgIpc) is 3.87. The molecular formula is C39H43N5O5. The smallest absolute Gasteiger partial charge is 0.410 e. The number of carbonyl (C=O) groups is 3. The van der Waals surface area contributed by atoms with Gasteiger partial charge in [0.15, 0.2) is 0 Å². The van der Waals surface area contributed by atoms with Crippen LogP contribution in [0, 0.1) is 0 Å². The van der Waals surface area contributed by atoms with Crippen molar-refractivity contribution in [1.82, 2.24) is 19.8 Å². The molecule has 0 bridgehead atoms. The Morgan fingerprint density at radius 1 is 0.878 bits per heavy atom. The predicted octanol–water partition coefficient (Wildman–Crippen LogP) is 8.20. The third-order valence-electron chi connectivity index (χ3n) is 10.1. The fraction of sp³-hybridized carbons (Fsp3) is 0.385. The van der Waals surface area contributed by atoms with Crippen molar-refractivity contribution in [3.8, 4) is 33.5 Å². The van der Waals surface area contributed by atoms with Gasteiger partial charge in [-0.1, -0.05) is 56.3 Å². The number of aromatic nitrogens is 2. The van der Waals surface area contributed by atoms with Gasteiger partial charge in [0.25, 0.3) is 0 Å². The molecule has 10 heteroatoms. The minimum absolute atomic E-state index is 0.135. The van der Waals surface area contributed by atoms with Crippen molar-refractivity contribution in [3.05, 3.63) is 83.8 Å². The number of carbonyl (C=O) groups excluding carboxylic acids is 2. The summed E-state index contributed by atoms with van der Waals surface area (Å²) in [5, 5.41) is 12.5. The van der Waals surface area contributed by atoms with Crippen molar-refractivity contribution in [2.24, 2.45) is 0 Å². The lowest BCUT2D eigenvalue weighted by atomic mass is 9.81. The van der Waals surface area contributed by atoms with E-state index in [9.17, 15) is 19.5 Å². The summed E-state index contributed by atoms with van der Waals surface area (Å²) in [6, 6.07) is 20.2. The fourth-order valence-corrected chi connectivity index (χ4v) is 7.57. The number of H-pyrrole nitrogens is 1. The molecule has 1 aliphatic carbocycles. The van der Waals surface area contributed by atoms with Crippen molar-refractivity contribution in [2.45, 2.75) is 83.4 Å². The van der Waals surface area contributed by atoms with Gasteiger partial charge in [0, 0.05) is 24.2 Å². The molecule has 2 unspecified atom stereocenters. The Kier molecular flexibility index (Phi) is 8.00. The summed E-state index contributed by atoms with van der Waals surface area (Å²) in [5.74, 6) is 0.484. The topological polar surface area (TPSA) is 128 Å². The maximum atomic E-state index is 13.0. The van der Waals surface area contributed by atoms with Gasteiger partial charge in [-0.05, 0) is 104 Å². The van der Waals surface area contributed by atoms with Crippen LogP contribution in [0.2, 0.25) is 0 Å². The monoisotopic (exact) mass is 661 g/mol. The Hall–Kier alpha value is -5.12. The molecular weight excluding hydrogens is 618 g/mol. The molecule has 7 rings (SSSR count). The van der Waals surface area contributed by atoms with Gasteiger partial charge in [-0.25, -0.2) is 14.6 Å². The summed E-state index contributed by atoms with van der Waals surface area (Å²) in [6.07, 6.45) is 3.42. The maximum absolute atomic E-state index is 13.0. The Morgan fingerprint density at radius 3 is 2.22 bits per heavy atom. The van der Waals surface area contributed by atoms with Gasteiger partial charge in [0.1, 0.15) is 17.5 Å². The third kappa shape index (κ3) is 6.04. The summed E-state index contributed by atoms with van der Waals surface area (Å²) in [4.78, 5) is 48.5. The van der Waals surface area contributed by atoms with E-state index in [4.69, 9.17) is 4.74 Å². The number of carboxylic acid groups (broad SMARTS) is 1. The van der Waals surface area contributed by atoms with Crippen LogP contribution in [-0.4, -0.2) is 67.7 Å². The molecule has 0 radical (unpaired) electrons. The van der Waals surface area contributed by atoms with E-state index < -0.39 is 17.7 Å². The van der Waals surface area contributed by atoms with Crippen molar-refractivity contribution in [3.63, 3.8) is 0 Å². The van der Waals surface area contributed by atoms with E-state index in [1.165, 1.54) is 16.0 Å². The highest BCUT2D eigenvalue weighted by atomic mass is 16.6. The molecule has 2 saturated heterocycles. The number of hydrogen-bond donors (Lipinski definition) is 3. The van der Waals surface area contributed by atoms with Crippen molar-refractivity contribution < 1.29 is 24.2 Å². The highest BCUT2D eigenvalue weighted by Gasteiger charge is 2.38. The second kappa shape index (κ2) is 12.1. The van der Waals surface area contributed by atoms with E-state index in [1.54, 1.807) is 4.90 Å². The zero-order chi connectivity index (χ0) is 34.7. The van der Waals surface area contributed by atoms with Gasteiger partial charge in [-0.2, -0.15) is 0 Å². The molecule has 49 heavy (non-hydrogen) atoms. The van der Waals surface area contributed by atoms with Crippen LogP contribution in [0.3, 0.4) is 0 Å². The molecule has 3 heterocycles. The van der Waals surface area contributed by atoms with Gasteiger partial charge < -0.3 is 20.1 Å². The molecule has 2 fully saturated rings. The summed E-state index contributed by atoms with van der Waals surface area (Å²) < 4.78 is 5.64. The number of anilines is 1. The highest BCUT2D eigenvalue weighted by Crippen LogP contribution is 2.50. The molecule has 0 saturated carbocycles. The van der Waals surface area contributed by atoms with Crippen molar-refractivity contribution >= 4 is 23.8 Å². The normalized spacial score (nSPS) is 19.4. The van der Waals surface area contributed by atoms with Crippen molar-refractivity contribution in [1.29, 1.82) is 0 Å². The zero-order valence-electron chi connectivity index (χ0n) is 28.7. The van der Waals surface area contributed by atoms with E-state index in [2.05, 4.69) is 71.6 Å². The number of amides is 3. The molecule has 3 N–H and O–H groups in total. The maximum Gasteiger partial charge on any atom is 0.410 e. The first-order chi connectivity index (χ1) is 23.3. The van der Waals surface area contributed by atoms with Crippen LogP contribution in [0.15, 0.2) is 66.9 Å². The van der Waals surface area contributed by atoms with Crippen LogP contribution >= 0.6 is 0 Å². The van der Waals surface area contributed by atoms with Gasteiger partial charge >= 0.3 is 12.2 Å². The number of nitrogens with zero attached hydrogens (tertiary/aromatic N) is 3. The standard InChI is InChI=1S/C39H43N5O5/c1-38(2,3)49-37(48)44-19-6-8-32(44)34-40-22-31(42-34)24-12-10-23(11-13-24)25-14-16-27-28-17-15-26(21-30(28)39(4,5)29(27)20-25)41-35(45)33-9-7-18-43(33)36(46)47/h10-17,20-22,32-33H,6-9,18-19H2,1-5H3,(H,40,42)(H,41,45)(H,46,47). The number of hydrogen-bond acceptors (Lipinski definition) is 5.